The molecule has 4 aliphatic rings. The summed E-state index contributed by atoms with van der Waals surface area (Å²) in [6.07, 6.45) is 3.42. The number of ether oxygens (including phenoxy) is 1. The van der Waals surface area contributed by atoms with Gasteiger partial charge in [0.25, 0.3) is 23.3 Å². The van der Waals surface area contributed by atoms with Gasteiger partial charge >= 0.3 is 0 Å². The zero-order chi connectivity index (χ0) is 36.0. The minimum atomic E-state index is -1.05. The van der Waals surface area contributed by atoms with E-state index in [9.17, 15) is 28.8 Å². The Hall–Kier alpha value is -4.89. The molecule has 0 radical (unpaired) electrons. The van der Waals surface area contributed by atoms with Crippen LogP contribution in [-0.2, 0) is 16.6 Å². The predicted molar refractivity (Wildman–Crippen MR) is 189 cm³/mol. The Bertz CT molecular complexity index is 1970. The lowest BCUT2D eigenvalue weighted by molar-refractivity contribution is -0.136. The second kappa shape index (κ2) is 14.0. The van der Waals surface area contributed by atoms with E-state index in [2.05, 4.69) is 43.6 Å². The van der Waals surface area contributed by atoms with Crippen molar-refractivity contribution < 1.29 is 28.7 Å². The van der Waals surface area contributed by atoms with Gasteiger partial charge in [-0.15, -0.1) is 0 Å². The molecule has 1 unspecified atom stereocenters. The number of benzene rings is 2. The predicted octanol–water partition coefficient (Wildman–Crippen LogP) is 2.53. The second-order valence-corrected chi connectivity index (χ2v) is 14.4. The second-order valence-electron chi connectivity index (χ2n) is 13.7. The number of anilines is 1. The summed E-state index contributed by atoms with van der Waals surface area (Å²) in [6.45, 7) is 2.61. The molecule has 4 aliphatic heterocycles. The highest BCUT2D eigenvalue weighted by atomic mass is 79.9. The SMILES string of the molecule is CN1C[C@@H](Nc2cnn(C)c(=O)c2Br)C[C@@H](c2ccc(C(=O)N3CCC(Oc4cccc5c4C(=O)N(C4CCC(=O)NC4=O)C5=O)CC3)cc2)C1. The van der Waals surface area contributed by atoms with Gasteiger partial charge in [0.15, 0.2) is 0 Å². The number of nitrogens with one attached hydrogen (secondary N) is 2. The Balaban J connectivity index is 0.952. The van der Waals surface area contributed by atoms with Crippen LogP contribution in [0.15, 0.2) is 57.9 Å². The average Bonchev–Trinajstić information content (AvgIpc) is 3.38. The number of likely N-dealkylation sites (N-methyl/N-ethyl adjacent to an activating group) is 1. The van der Waals surface area contributed by atoms with E-state index in [1.807, 2.05) is 24.3 Å². The highest BCUT2D eigenvalue weighted by Crippen LogP contribution is 2.35. The number of carbonyl (C=O) groups excluding carboxylic acids is 5. The van der Waals surface area contributed by atoms with Gasteiger partial charge in [-0.2, -0.15) is 5.10 Å². The third-order valence-corrected chi connectivity index (χ3v) is 10.9. The van der Waals surface area contributed by atoms with Crippen LogP contribution in [-0.4, -0.2) is 105 Å². The molecule has 0 aliphatic carbocycles. The molecule has 7 rings (SSSR count). The highest BCUT2D eigenvalue weighted by Gasteiger charge is 2.46. The monoisotopic (exact) mass is 759 g/mol. The molecule has 2 aromatic carbocycles. The molecule has 15 heteroatoms. The summed E-state index contributed by atoms with van der Waals surface area (Å²) in [4.78, 5) is 81.5. The van der Waals surface area contributed by atoms with E-state index in [-0.39, 0.29) is 59.2 Å². The lowest BCUT2D eigenvalue weighted by atomic mass is 9.87. The Morgan fingerprint density at radius 2 is 1.71 bits per heavy atom. The van der Waals surface area contributed by atoms with E-state index >= 15 is 0 Å². The van der Waals surface area contributed by atoms with Crippen molar-refractivity contribution in [3.05, 3.63) is 85.7 Å². The number of aromatic nitrogens is 2. The molecule has 5 heterocycles. The number of carbonyl (C=O) groups is 5. The molecule has 3 saturated heterocycles. The fourth-order valence-electron chi connectivity index (χ4n) is 7.52. The Kier molecular flexibility index (Phi) is 9.50. The number of halogens is 1. The third kappa shape index (κ3) is 6.79. The summed E-state index contributed by atoms with van der Waals surface area (Å²) in [7, 11) is 3.68. The molecular formula is C36H38BrN7O7. The quantitative estimate of drug-likeness (QED) is 0.343. The maximum Gasteiger partial charge on any atom is 0.282 e. The van der Waals surface area contributed by atoms with Gasteiger partial charge < -0.3 is 19.9 Å². The number of likely N-dealkylation sites (tertiary alicyclic amines) is 2. The summed E-state index contributed by atoms with van der Waals surface area (Å²) in [5.74, 6) is -1.86. The zero-order valence-electron chi connectivity index (χ0n) is 28.3. The minimum Gasteiger partial charge on any atom is -0.489 e. The maximum absolute atomic E-state index is 13.5. The summed E-state index contributed by atoms with van der Waals surface area (Å²) >= 11 is 3.40. The van der Waals surface area contributed by atoms with E-state index in [1.54, 1.807) is 30.3 Å². The fraction of sp³-hybridized carbons (Fsp3) is 0.417. The molecule has 0 saturated carbocycles. The normalized spacial score (nSPS) is 22.9. The minimum absolute atomic E-state index is 0.0434. The van der Waals surface area contributed by atoms with E-state index in [1.165, 1.54) is 10.7 Å². The Morgan fingerprint density at radius 1 is 0.961 bits per heavy atom. The first-order valence-electron chi connectivity index (χ1n) is 17.1. The molecule has 2 N–H and O–H groups in total. The van der Waals surface area contributed by atoms with Crippen molar-refractivity contribution in [3.8, 4) is 5.75 Å². The van der Waals surface area contributed by atoms with Crippen molar-refractivity contribution in [2.75, 3.05) is 38.5 Å². The third-order valence-electron chi connectivity index (χ3n) is 10.2. The largest absolute Gasteiger partial charge is 0.489 e. The molecule has 51 heavy (non-hydrogen) atoms. The number of rotatable bonds is 7. The van der Waals surface area contributed by atoms with Gasteiger partial charge in [0.1, 0.15) is 22.4 Å². The topological polar surface area (TPSA) is 163 Å². The standard InChI is InChI=1S/C36H38BrN7O7/c1-41-18-22(16-23(19-41)39-26-17-38-42(2)36(50)31(26)37)20-6-8-21(9-7-20)33(47)43-14-12-24(13-15-43)51-28-5-3-4-25-30(28)35(49)44(34(25)48)27-10-11-29(45)40-32(27)46/h3-9,17,22-24,27,39H,10-16,18-19H2,1-2H3,(H,40,45,46)/t22-,23+,27?/m1/s1. The van der Waals surface area contributed by atoms with Gasteiger partial charge in [-0.05, 0) is 71.6 Å². The molecule has 3 atom stereocenters. The summed E-state index contributed by atoms with van der Waals surface area (Å²) in [5, 5.41) is 9.83. The van der Waals surface area contributed by atoms with Gasteiger partial charge in [0.2, 0.25) is 11.8 Å². The van der Waals surface area contributed by atoms with E-state index in [0.717, 1.165) is 30.0 Å². The van der Waals surface area contributed by atoms with Gasteiger partial charge in [-0.3, -0.25) is 39.0 Å². The summed E-state index contributed by atoms with van der Waals surface area (Å²) in [5.41, 5.74) is 2.49. The van der Waals surface area contributed by atoms with E-state index in [0.29, 0.717) is 41.7 Å². The van der Waals surface area contributed by atoms with Crippen molar-refractivity contribution in [1.29, 1.82) is 0 Å². The van der Waals surface area contributed by atoms with Crippen LogP contribution in [0.2, 0.25) is 0 Å². The number of amides is 5. The number of hydrogen-bond acceptors (Lipinski definition) is 10. The highest BCUT2D eigenvalue weighted by molar-refractivity contribution is 9.10. The number of piperidine rings is 3. The molecule has 3 fully saturated rings. The van der Waals surface area contributed by atoms with Crippen LogP contribution in [0.1, 0.15) is 74.7 Å². The number of aryl methyl sites for hydroxylation is 1. The molecule has 14 nitrogen and oxygen atoms in total. The smallest absolute Gasteiger partial charge is 0.282 e. The average molecular weight is 761 g/mol. The van der Waals surface area contributed by atoms with Crippen LogP contribution in [0.4, 0.5) is 5.69 Å². The number of nitrogens with zero attached hydrogens (tertiary/aromatic N) is 5. The van der Waals surface area contributed by atoms with Gasteiger partial charge in [0.05, 0.1) is 23.0 Å². The molecule has 266 valence electrons. The van der Waals surface area contributed by atoms with Crippen LogP contribution < -0.4 is 20.9 Å². The number of fused-ring (bicyclic) bond motifs is 1. The fourth-order valence-corrected chi connectivity index (χ4v) is 7.99. The van der Waals surface area contributed by atoms with Crippen LogP contribution in [0.3, 0.4) is 0 Å². The van der Waals surface area contributed by atoms with E-state index in [4.69, 9.17) is 4.74 Å². The molecule has 0 bridgehead atoms. The lowest BCUT2D eigenvalue weighted by Crippen LogP contribution is -2.54. The summed E-state index contributed by atoms with van der Waals surface area (Å²) in [6, 6.07) is 11.7. The van der Waals surface area contributed by atoms with Gasteiger partial charge in [-0.25, -0.2) is 4.68 Å². The number of hydrogen-bond donors (Lipinski definition) is 2. The maximum atomic E-state index is 13.5. The number of imide groups is 2. The van der Waals surface area contributed by atoms with Crippen LogP contribution in [0.5, 0.6) is 5.75 Å². The van der Waals surface area contributed by atoms with Crippen molar-refractivity contribution in [3.63, 3.8) is 0 Å². The first kappa shape index (κ1) is 34.6. The lowest BCUT2D eigenvalue weighted by Gasteiger charge is -2.37. The first-order valence-corrected chi connectivity index (χ1v) is 17.8. The molecule has 1 aromatic heterocycles. The summed E-state index contributed by atoms with van der Waals surface area (Å²) < 4.78 is 8.00. The van der Waals surface area contributed by atoms with Crippen molar-refractivity contribution in [2.24, 2.45) is 7.05 Å². The molecule has 5 amide bonds. The van der Waals surface area contributed by atoms with Crippen molar-refractivity contribution >= 4 is 51.2 Å². The van der Waals surface area contributed by atoms with Crippen LogP contribution in [0.25, 0.3) is 0 Å². The van der Waals surface area contributed by atoms with Crippen LogP contribution in [0, 0.1) is 0 Å². The Labute approximate surface area is 302 Å². The van der Waals surface area contributed by atoms with E-state index < -0.39 is 29.7 Å². The first-order chi connectivity index (χ1) is 24.5. The van der Waals surface area contributed by atoms with Gasteiger partial charge in [-0.1, -0.05) is 18.2 Å². The molecule has 0 spiro atoms. The van der Waals surface area contributed by atoms with Crippen molar-refractivity contribution in [2.45, 2.75) is 56.2 Å². The molecular weight excluding hydrogens is 722 g/mol. The Morgan fingerprint density at radius 3 is 2.43 bits per heavy atom. The molecule has 3 aromatic rings. The zero-order valence-corrected chi connectivity index (χ0v) is 29.8. The van der Waals surface area contributed by atoms with Crippen molar-refractivity contribution in [1.82, 2.24) is 29.8 Å². The van der Waals surface area contributed by atoms with Gasteiger partial charge in [0, 0.05) is 64.1 Å². The van der Waals surface area contributed by atoms with Crippen LogP contribution >= 0.6 is 15.9 Å².